The average Bonchev–Trinajstić information content (AvgIpc) is 2.37. The number of nitrogens with one attached hydrogen (secondary N) is 1. The quantitative estimate of drug-likeness (QED) is 0.754. The van der Waals surface area contributed by atoms with Crippen LogP contribution in [0.4, 0.5) is 4.79 Å². The van der Waals surface area contributed by atoms with E-state index < -0.39 is 17.7 Å². The first-order chi connectivity index (χ1) is 9.33. The maximum atomic E-state index is 11.8. The molecule has 1 aliphatic rings. The molecule has 0 aromatic carbocycles. The van der Waals surface area contributed by atoms with Crippen LogP contribution in [-0.2, 0) is 19.0 Å². The summed E-state index contributed by atoms with van der Waals surface area (Å²) in [6.07, 6.45) is -0.542. The third kappa shape index (κ3) is 5.75. The standard InChI is InChI=1S/C13H24N2O5/c1-13(2,3)20-12(17)14-9-10(11(16)18-4)15-5-7-19-8-6-15/h10H,5-9H2,1-4H3,(H,14,17)/t10-/m0/s1. The summed E-state index contributed by atoms with van der Waals surface area (Å²) in [6, 6.07) is -0.517. The molecule has 0 unspecified atom stereocenters. The molecule has 1 saturated heterocycles. The van der Waals surface area contributed by atoms with Crippen LogP contribution < -0.4 is 5.32 Å². The van der Waals surface area contributed by atoms with Crippen LogP contribution in [0.2, 0.25) is 0 Å². The minimum absolute atomic E-state index is 0.154. The summed E-state index contributed by atoms with van der Waals surface area (Å²) in [5, 5.41) is 2.61. The number of hydrogen-bond donors (Lipinski definition) is 1. The molecule has 0 bridgehead atoms. The lowest BCUT2D eigenvalue weighted by Gasteiger charge is -2.32. The number of ether oxygens (including phenoxy) is 3. The van der Waals surface area contributed by atoms with Gasteiger partial charge >= 0.3 is 12.1 Å². The number of carbonyl (C=O) groups excluding carboxylic acids is 2. The van der Waals surface area contributed by atoms with Crippen LogP contribution in [0.5, 0.6) is 0 Å². The molecule has 7 heteroatoms. The van der Waals surface area contributed by atoms with Crippen molar-refractivity contribution in [1.82, 2.24) is 10.2 Å². The molecule has 1 amide bonds. The van der Waals surface area contributed by atoms with Crippen molar-refractivity contribution in [3.05, 3.63) is 0 Å². The van der Waals surface area contributed by atoms with Gasteiger partial charge < -0.3 is 19.5 Å². The second-order valence-electron chi connectivity index (χ2n) is 5.57. The molecule has 116 valence electrons. The van der Waals surface area contributed by atoms with Crippen molar-refractivity contribution in [2.24, 2.45) is 0 Å². The van der Waals surface area contributed by atoms with E-state index in [0.29, 0.717) is 26.3 Å². The smallest absolute Gasteiger partial charge is 0.407 e. The number of hydrogen-bond acceptors (Lipinski definition) is 6. The summed E-state index contributed by atoms with van der Waals surface area (Å²) >= 11 is 0. The van der Waals surface area contributed by atoms with E-state index in [1.54, 1.807) is 20.8 Å². The van der Waals surface area contributed by atoms with Gasteiger partial charge in [0.1, 0.15) is 11.6 Å². The first-order valence-electron chi connectivity index (χ1n) is 6.70. The maximum absolute atomic E-state index is 11.8. The first-order valence-corrected chi connectivity index (χ1v) is 6.70. The third-order valence-electron chi connectivity index (χ3n) is 2.80. The first kappa shape index (κ1) is 16.7. The molecule has 1 aliphatic heterocycles. The summed E-state index contributed by atoms with van der Waals surface area (Å²) in [5.41, 5.74) is -0.566. The van der Waals surface area contributed by atoms with E-state index in [0.717, 1.165) is 0 Å². The molecule has 0 aromatic heterocycles. The van der Waals surface area contributed by atoms with Gasteiger partial charge in [-0.15, -0.1) is 0 Å². The monoisotopic (exact) mass is 288 g/mol. The van der Waals surface area contributed by atoms with Crippen LogP contribution in [0.3, 0.4) is 0 Å². The number of rotatable bonds is 4. The highest BCUT2D eigenvalue weighted by Gasteiger charge is 2.29. The van der Waals surface area contributed by atoms with Crippen molar-refractivity contribution in [2.75, 3.05) is 40.0 Å². The van der Waals surface area contributed by atoms with Crippen molar-refractivity contribution in [3.63, 3.8) is 0 Å². The van der Waals surface area contributed by atoms with Crippen LogP contribution in [0, 0.1) is 0 Å². The second-order valence-corrected chi connectivity index (χ2v) is 5.57. The molecule has 0 aliphatic carbocycles. The van der Waals surface area contributed by atoms with Crippen LogP contribution in [0.1, 0.15) is 20.8 Å². The Morgan fingerprint density at radius 2 is 1.90 bits per heavy atom. The van der Waals surface area contributed by atoms with Gasteiger partial charge in [-0.2, -0.15) is 0 Å². The van der Waals surface area contributed by atoms with Crippen molar-refractivity contribution in [1.29, 1.82) is 0 Å². The summed E-state index contributed by atoms with van der Waals surface area (Å²) < 4.78 is 15.2. The van der Waals surface area contributed by atoms with Crippen LogP contribution in [0.25, 0.3) is 0 Å². The summed E-state index contributed by atoms with van der Waals surface area (Å²) in [6.45, 7) is 7.91. The lowest BCUT2D eigenvalue weighted by Crippen LogP contribution is -2.53. The largest absolute Gasteiger partial charge is 0.468 e. The minimum atomic E-state index is -0.566. The van der Waals surface area contributed by atoms with Crippen molar-refractivity contribution < 1.29 is 23.8 Å². The Morgan fingerprint density at radius 3 is 2.40 bits per heavy atom. The predicted molar refractivity (Wildman–Crippen MR) is 72.4 cm³/mol. The van der Waals surface area contributed by atoms with Gasteiger partial charge in [0.05, 0.1) is 20.3 Å². The Morgan fingerprint density at radius 1 is 1.30 bits per heavy atom. The van der Waals surface area contributed by atoms with Gasteiger partial charge in [0.15, 0.2) is 0 Å². The van der Waals surface area contributed by atoms with Gasteiger partial charge in [-0.05, 0) is 20.8 Å². The highest BCUT2D eigenvalue weighted by Crippen LogP contribution is 2.08. The molecule has 0 aromatic rings. The lowest BCUT2D eigenvalue weighted by atomic mass is 10.2. The molecule has 1 heterocycles. The lowest BCUT2D eigenvalue weighted by molar-refractivity contribution is -0.148. The van der Waals surface area contributed by atoms with Crippen LogP contribution in [-0.4, -0.2) is 68.6 Å². The molecule has 1 fully saturated rings. The van der Waals surface area contributed by atoms with Crippen molar-refractivity contribution >= 4 is 12.1 Å². The van der Waals surface area contributed by atoms with Gasteiger partial charge in [0.2, 0.25) is 0 Å². The van der Waals surface area contributed by atoms with Crippen LogP contribution >= 0.6 is 0 Å². The molecule has 0 saturated carbocycles. The fraction of sp³-hybridized carbons (Fsp3) is 0.846. The van der Waals surface area contributed by atoms with E-state index in [4.69, 9.17) is 14.2 Å². The van der Waals surface area contributed by atoms with Gasteiger partial charge in [-0.3, -0.25) is 9.69 Å². The van der Waals surface area contributed by atoms with E-state index in [-0.39, 0.29) is 12.5 Å². The molecule has 1 rings (SSSR count). The average molecular weight is 288 g/mol. The van der Waals surface area contributed by atoms with E-state index in [2.05, 4.69) is 5.32 Å². The minimum Gasteiger partial charge on any atom is -0.468 e. The molecule has 1 N–H and O–H groups in total. The number of carbonyl (C=O) groups is 2. The van der Waals surface area contributed by atoms with Crippen molar-refractivity contribution in [3.8, 4) is 0 Å². The highest BCUT2D eigenvalue weighted by atomic mass is 16.6. The number of esters is 1. The molecule has 1 atom stereocenters. The van der Waals surface area contributed by atoms with E-state index in [9.17, 15) is 9.59 Å². The van der Waals surface area contributed by atoms with E-state index in [1.165, 1.54) is 7.11 Å². The molecular weight excluding hydrogens is 264 g/mol. The van der Waals surface area contributed by atoms with E-state index in [1.807, 2.05) is 4.90 Å². The Balaban J connectivity index is 2.52. The molecule has 20 heavy (non-hydrogen) atoms. The summed E-state index contributed by atoms with van der Waals surface area (Å²) in [4.78, 5) is 25.4. The molecule has 7 nitrogen and oxygen atoms in total. The zero-order chi connectivity index (χ0) is 15.2. The fourth-order valence-corrected chi connectivity index (χ4v) is 1.88. The SMILES string of the molecule is COC(=O)[C@H](CNC(=O)OC(C)(C)C)N1CCOCC1. The number of morpholine rings is 1. The Hall–Kier alpha value is -1.34. The van der Waals surface area contributed by atoms with Gasteiger partial charge in [0.25, 0.3) is 0 Å². The van der Waals surface area contributed by atoms with Gasteiger partial charge in [-0.1, -0.05) is 0 Å². The molecule has 0 radical (unpaired) electrons. The second kappa shape index (κ2) is 7.44. The Labute approximate surface area is 119 Å². The maximum Gasteiger partial charge on any atom is 0.407 e. The molecular formula is C13H24N2O5. The number of methoxy groups -OCH3 is 1. The van der Waals surface area contributed by atoms with Crippen molar-refractivity contribution in [2.45, 2.75) is 32.4 Å². The normalized spacial score (nSPS) is 18.2. The molecule has 0 spiro atoms. The Bertz CT molecular complexity index is 334. The summed E-state index contributed by atoms with van der Waals surface area (Å²) in [7, 11) is 1.34. The van der Waals surface area contributed by atoms with Crippen LogP contribution in [0.15, 0.2) is 0 Å². The summed E-state index contributed by atoms with van der Waals surface area (Å²) in [5.74, 6) is -0.372. The zero-order valence-electron chi connectivity index (χ0n) is 12.6. The third-order valence-corrected chi connectivity index (χ3v) is 2.80. The zero-order valence-corrected chi connectivity index (χ0v) is 12.6. The van der Waals surface area contributed by atoms with E-state index >= 15 is 0 Å². The fourth-order valence-electron chi connectivity index (χ4n) is 1.88. The van der Waals surface area contributed by atoms with Gasteiger partial charge in [-0.25, -0.2) is 4.79 Å². The number of amides is 1. The van der Waals surface area contributed by atoms with Gasteiger partial charge in [0, 0.05) is 19.6 Å². The topological polar surface area (TPSA) is 77.1 Å². The Kier molecular flexibility index (Phi) is 6.22. The highest BCUT2D eigenvalue weighted by molar-refractivity contribution is 5.77. The number of nitrogens with zero attached hydrogens (tertiary/aromatic N) is 1. The predicted octanol–water partition coefficient (Wildman–Crippen LogP) is 0.385. The number of alkyl carbamates (subject to hydrolysis) is 1.